The molecule has 0 amide bonds. The molecule has 6 heteroatoms. The maximum Gasteiger partial charge on any atom is 0.223 e. The minimum Gasteiger partial charge on any atom is -0.488 e. The Morgan fingerprint density at radius 2 is 1.93 bits per heavy atom. The Hall–Kier alpha value is -3.67. The summed E-state index contributed by atoms with van der Waals surface area (Å²) in [5.74, 6) is 2.20. The summed E-state index contributed by atoms with van der Waals surface area (Å²) in [5.41, 5.74) is 3.86. The number of nitrogens with one attached hydrogen (secondary N) is 1. The third-order valence-corrected chi connectivity index (χ3v) is 4.74. The van der Waals surface area contributed by atoms with Crippen LogP contribution in [0.4, 0.5) is 5.95 Å². The molecule has 3 aromatic heterocycles. The van der Waals surface area contributed by atoms with Crippen LogP contribution in [0.25, 0.3) is 22.6 Å². The molecule has 1 aromatic carbocycles. The Labute approximate surface area is 162 Å². The number of pyridine rings is 1. The van der Waals surface area contributed by atoms with Gasteiger partial charge in [-0.05, 0) is 41.5 Å². The van der Waals surface area contributed by atoms with Crippen molar-refractivity contribution in [2.24, 2.45) is 0 Å². The molecule has 4 heterocycles. The van der Waals surface area contributed by atoms with Crippen LogP contribution in [0.5, 0.6) is 5.75 Å². The molecule has 5 rings (SSSR count). The second-order valence-corrected chi connectivity index (χ2v) is 6.60. The molecule has 1 N–H and O–H groups in total. The number of benzene rings is 1. The van der Waals surface area contributed by atoms with Gasteiger partial charge in [0.1, 0.15) is 17.5 Å². The number of ether oxygens (including phenoxy) is 1. The molecule has 0 bridgehead atoms. The van der Waals surface area contributed by atoms with Crippen molar-refractivity contribution in [3.05, 3.63) is 78.9 Å². The van der Waals surface area contributed by atoms with Crippen molar-refractivity contribution in [3.8, 4) is 28.3 Å². The molecular formula is C22H18N4O2. The average Bonchev–Trinajstić information content (AvgIpc) is 3.42. The highest BCUT2D eigenvalue weighted by Gasteiger charge is 2.22. The molecular weight excluding hydrogens is 352 g/mol. The Bertz CT molecular complexity index is 1060. The zero-order chi connectivity index (χ0) is 18.8. The summed E-state index contributed by atoms with van der Waals surface area (Å²) in [6.45, 7) is 0.626. The standard InChI is InChI=1S/C22H18N4O2/c1-2-5-19-16(4-1)12-17(28-19)13-24-22-25-14-18(15-7-9-23-10-8-15)21(26-22)20-6-3-11-27-20/h1-11,14,17H,12-13H2,(H,24,25,26)/t17-/m1/s1. The Morgan fingerprint density at radius 1 is 1.04 bits per heavy atom. The number of aromatic nitrogens is 3. The van der Waals surface area contributed by atoms with Crippen LogP contribution in [-0.4, -0.2) is 27.6 Å². The summed E-state index contributed by atoms with van der Waals surface area (Å²) in [6.07, 6.45) is 7.90. The van der Waals surface area contributed by atoms with Gasteiger partial charge < -0.3 is 14.5 Å². The number of nitrogens with zero attached hydrogens (tertiary/aromatic N) is 3. The van der Waals surface area contributed by atoms with Gasteiger partial charge in [-0.25, -0.2) is 9.97 Å². The van der Waals surface area contributed by atoms with E-state index in [1.54, 1.807) is 18.7 Å². The van der Waals surface area contributed by atoms with Crippen LogP contribution in [0.15, 0.2) is 77.8 Å². The van der Waals surface area contributed by atoms with Crippen molar-refractivity contribution in [1.82, 2.24) is 15.0 Å². The van der Waals surface area contributed by atoms with Crippen LogP contribution in [0, 0.1) is 0 Å². The first-order chi connectivity index (χ1) is 13.9. The minimum absolute atomic E-state index is 0.0629. The number of hydrogen-bond acceptors (Lipinski definition) is 6. The van der Waals surface area contributed by atoms with Crippen molar-refractivity contribution in [3.63, 3.8) is 0 Å². The number of anilines is 1. The minimum atomic E-state index is 0.0629. The van der Waals surface area contributed by atoms with E-state index in [4.69, 9.17) is 14.1 Å². The first-order valence-electron chi connectivity index (χ1n) is 9.16. The summed E-state index contributed by atoms with van der Waals surface area (Å²) >= 11 is 0. The normalized spacial score (nSPS) is 15.1. The molecule has 0 saturated heterocycles. The molecule has 0 aliphatic carbocycles. The average molecular weight is 370 g/mol. The molecule has 0 radical (unpaired) electrons. The van der Waals surface area contributed by atoms with E-state index in [1.807, 2.05) is 48.7 Å². The number of para-hydroxylation sites is 1. The van der Waals surface area contributed by atoms with E-state index in [0.29, 0.717) is 18.3 Å². The summed E-state index contributed by atoms with van der Waals surface area (Å²) < 4.78 is 11.6. The molecule has 138 valence electrons. The number of furan rings is 1. The summed E-state index contributed by atoms with van der Waals surface area (Å²) in [6, 6.07) is 15.7. The summed E-state index contributed by atoms with van der Waals surface area (Å²) in [4.78, 5) is 13.3. The van der Waals surface area contributed by atoms with Gasteiger partial charge in [0.2, 0.25) is 5.95 Å². The van der Waals surface area contributed by atoms with Gasteiger partial charge in [0, 0.05) is 30.6 Å². The largest absolute Gasteiger partial charge is 0.488 e. The molecule has 0 fully saturated rings. The van der Waals surface area contributed by atoms with Crippen molar-refractivity contribution >= 4 is 5.95 Å². The quantitative estimate of drug-likeness (QED) is 0.567. The summed E-state index contributed by atoms with van der Waals surface area (Å²) in [7, 11) is 0. The predicted octanol–water partition coefficient (Wildman–Crippen LogP) is 4.21. The zero-order valence-corrected chi connectivity index (χ0v) is 15.1. The third-order valence-electron chi connectivity index (χ3n) is 4.74. The monoisotopic (exact) mass is 370 g/mol. The molecule has 1 atom stereocenters. The maximum atomic E-state index is 5.98. The Kier molecular flexibility index (Phi) is 4.21. The fraction of sp³-hybridized carbons (Fsp3) is 0.136. The van der Waals surface area contributed by atoms with Crippen LogP contribution in [0.3, 0.4) is 0 Å². The second kappa shape index (κ2) is 7.15. The molecule has 1 aliphatic rings. The predicted molar refractivity (Wildman–Crippen MR) is 106 cm³/mol. The van der Waals surface area contributed by atoms with Crippen molar-refractivity contribution < 1.29 is 9.15 Å². The number of hydrogen-bond donors (Lipinski definition) is 1. The van der Waals surface area contributed by atoms with Gasteiger partial charge in [0.25, 0.3) is 0 Å². The Balaban J connectivity index is 1.38. The van der Waals surface area contributed by atoms with Crippen LogP contribution in [0.1, 0.15) is 5.56 Å². The lowest BCUT2D eigenvalue weighted by molar-refractivity contribution is 0.246. The van der Waals surface area contributed by atoms with Crippen molar-refractivity contribution in [2.45, 2.75) is 12.5 Å². The lowest BCUT2D eigenvalue weighted by Gasteiger charge is -2.13. The van der Waals surface area contributed by atoms with Gasteiger partial charge in [-0.15, -0.1) is 0 Å². The van der Waals surface area contributed by atoms with Crippen molar-refractivity contribution in [1.29, 1.82) is 0 Å². The van der Waals surface area contributed by atoms with Crippen LogP contribution < -0.4 is 10.1 Å². The van der Waals surface area contributed by atoms with E-state index in [9.17, 15) is 0 Å². The lowest BCUT2D eigenvalue weighted by atomic mass is 10.1. The molecule has 0 unspecified atom stereocenters. The van der Waals surface area contributed by atoms with E-state index in [0.717, 1.165) is 29.0 Å². The molecule has 0 spiro atoms. The summed E-state index contributed by atoms with van der Waals surface area (Å²) in [5, 5.41) is 3.30. The third kappa shape index (κ3) is 3.20. The molecule has 6 nitrogen and oxygen atoms in total. The van der Waals surface area contributed by atoms with Gasteiger partial charge in [-0.1, -0.05) is 18.2 Å². The molecule has 4 aromatic rings. The van der Waals surface area contributed by atoms with Crippen LogP contribution in [-0.2, 0) is 6.42 Å². The first-order valence-corrected chi connectivity index (χ1v) is 9.16. The van der Waals surface area contributed by atoms with Crippen molar-refractivity contribution in [2.75, 3.05) is 11.9 Å². The van der Waals surface area contributed by atoms with Gasteiger partial charge in [0.15, 0.2) is 5.76 Å². The first kappa shape index (κ1) is 16.5. The fourth-order valence-corrected chi connectivity index (χ4v) is 3.38. The molecule has 0 saturated carbocycles. The number of rotatable bonds is 5. The van der Waals surface area contributed by atoms with Gasteiger partial charge >= 0.3 is 0 Å². The van der Waals surface area contributed by atoms with Gasteiger partial charge in [-0.3, -0.25) is 4.98 Å². The number of fused-ring (bicyclic) bond motifs is 1. The smallest absolute Gasteiger partial charge is 0.223 e. The van der Waals surface area contributed by atoms with E-state index >= 15 is 0 Å². The van der Waals surface area contributed by atoms with Gasteiger partial charge in [-0.2, -0.15) is 0 Å². The Morgan fingerprint density at radius 3 is 2.75 bits per heavy atom. The van der Waals surface area contributed by atoms with E-state index < -0.39 is 0 Å². The highest BCUT2D eigenvalue weighted by atomic mass is 16.5. The highest BCUT2D eigenvalue weighted by Crippen LogP contribution is 2.31. The molecule has 1 aliphatic heterocycles. The topological polar surface area (TPSA) is 73.1 Å². The highest BCUT2D eigenvalue weighted by molar-refractivity contribution is 5.78. The van der Waals surface area contributed by atoms with E-state index in [2.05, 4.69) is 21.4 Å². The molecule has 28 heavy (non-hydrogen) atoms. The van der Waals surface area contributed by atoms with E-state index in [-0.39, 0.29) is 6.10 Å². The lowest BCUT2D eigenvalue weighted by Crippen LogP contribution is -2.24. The fourth-order valence-electron chi connectivity index (χ4n) is 3.38. The second-order valence-electron chi connectivity index (χ2n) is 6.60. The van der Waals surface area contributed by atoms with Crippen LogP contribution in [0.2, 0.25) is 0 Å². The van der Waals surface area contributed by atoms with E-state index in [1.165, 1.54) is 5.56 Å². The maximum absolute atomic E-state index is 5.98. The van der Waals surface area contributed by atoms with Crippen LogP contribution >= 0.6 is 0 Å². The van der Waals surface area contributed by atoms with Gasteiger partial charge in [0.05, 0.1) is 12.8 Å². The zero-order valence-electron chi connectivity index (χ0n) is 15.1. The SMILES string of the molecule is c1coc(-c2nc(NC[C@H]3Cc4ccccc4O3)ncc2-c2ccncc2)c1.